The highest BCUT2D eigenvalue weighted by atomic mass is 32.3. The molecule has 5 nitrogen and oxygen atoms in total. The van der Waals surface area contributed by atoms with Crippen LogP contribution in [0.25, 0.3) is 0 Å². The molecule has 0 aliphatic carbocycles. The van der Waals surface area contributed by atoms with Gasteiger partial charge < -0.3 is 4.74 Å². The van der Waals surface area contributed by atoms with Crippen LogP contribution in [0.3, 0.4) is 0 Å². The Kier molecular flexibility index (Phi) is 2.25. The lowest BCUT2D eigenvalue weighted by molar-refractivity contribution is 0.0233. The molecule has 0 aromatic heterocycles. The fraction of sp³-hybridized carbons (Fsp3) is 1.00. The number of rotatable bonds is 2. The van der Waals surface area contributed by atoms with Gasteiger partial charge in [0, 0.05) is 13.4 Å². The topological polar surface area (TPSA) is 77.5 Å². The molecular formula is C6H12O5S2. The van der Waals surface area contributed by atoms with Gasteiger partial charge in [-0.05, 0) is 6.92 Å². The van der Waals surface area contributed by atoms with Gasteiger partial charge in [-0.3, -0.25) is 0 Å². The van der Waals surface area contributed by atoms with Gasteiger partial charge in [0.1, 0.15) is 5.60 Å². The van der Waals surface area contributed by atoms with E-state index in [2.05, 4.69) is 0 Å². The molecule has 0 amide bonds. The minimum absolute atomic E-state index is 0.228. The first-order valence-electron chi connectivity index (χ1n) is 3.59. The maximum Gasteiger partial charge on any atom is 0.192 e. The van der Waals surface area contributed by atoms with Crippen LogP contribution in [-0.2, 0) is 24.4 Å². The third-order valence-electron chi connectivity index (χ3n) is 2.17. The predicted molar refractivity (Wildman–Crippen MR) is 47.8 cm³/mol. The van der Waals surface area contributed by atoms with Crippen LogP contribution in [0.4, 0.5) is 0 Å². The van der Waals surface area contributed by atoms with E-state index in [1.165, 1.54) is 14.0 Å². The molecule has 1 aliphatic rings. The van der Waals surface area contributed by atoms with Crippen molar-refractivity contribution >= 4 is 19.7 Å². The maximum absolute atomic E-state index is 11.2. The molecule has 1 unspecified atom stereocenters. The summed E-state index contributed by atoms with van der Waals surface area (Å²) in [6.45, 7) is 1.49. The molecule has 0 aromatic carbocycles. The first kappa shape index (κ1) is 10.9. The average Bonchev–Trinajstić information content (AvgIpc) is 1.79. The zero-order valence-corrected chi connectivity index (χ0v) is 9.28. The molecule has 78 valence electrons. The van der Waals surface area contributed by atoms with Crippen molar-refractivity contribution in [3.05, 3.63) is 0 Å². The van der Waals surface area contributed by atoms with E-state index < -0.39 is 29.9 Å². The smallest absolute Gasteiger partial charge is 0.192 e. The Labute approximate surface area is 77.9 Å². The Hall–Kier alpha value is -0.140. The van der Waals surface area contributed by atoms with Crippen LogP contribution in [0.5, 0.6) is 0 Å². The molecule has 1 fully saturated rings. The van der Waals surface area contributed by atoms with E-state index in [0.29, 0.717) is 0 Å². The Morgan fingerprint density at radius 3 is 2.08 bits per heavy atom. The summed E-state index contributed by atoms with van der Waals surface area (Å²) in [6, 6.07) is 0. The molecule has 0 saturated carbocycles. The van der Waals surface area contributed by atoms with Crippen LogP contribution < -0.4 is 0 Å². The summed E-state index contributed by atoms with van der Waals surface area (Å²) in [7, 11) is -5.81. The minimum Gasteiger partial charge on any atom is -0.375 e. The van der Waals surface area contributed by atoms with E-state index in [1.54, 1.807) is 0 Å². The van der Waals surface area contributed by atoms with Crippen LogP contribution in [0.2, 0.25) is 0 Å². The van der Waals surface area contributed by atoms with Crippen molar-refractivity contribution < 1.29 is 21.6 Å². The zero-order chi connectivity index (χ0) is 10.5. The normalized spacial score (nSPS) is 38.2. The lowest BCUT2D eigenvalue weighted by Gasteiger charge is -2.43. The maximum atomic E-state index is 11.2. The van der Waals surface area contributed by atoms with E-state index in [-0.39, 0.29) is 5.75 Å². The summed E-state index contributed by atoms with van der Waals surface area (Å²) in [5.74, 6) is -0.228. The molecule has 1 heterocycles. The van der Waals surface area contributed by atoms with E-state index in [9.17, 15) is 16.8 Å². The first-order valence-corrected chi connectivity index (χ1v) is 7.26. The molecule has 7 heteroatoms. The van der Waals surface area contributed by atoms with Crippen molar-refractivity contribution in [3.8, 4) is 0 Å². The summed E-state index contributed by atoms with van der Waals surface area (Å²) in [4.78, 5) is 0. The molecule has 0 N–H and O–H groups in total. The Bertz CT molecular complexity index is 384. The second-order valence-electron chi connectivity index (χ2n) is 3.49. The quantitative estimate of drug-likeness (QED) is 0.618. The predicted octanol–water partition coefficient (Wildman–Crippen LogP) is -0.809. The Balaban J connectivity index is 3.19. The summed E-state index contributed by atoms with van der Waals surface area (Å²) >= 11 is 0. The van der Waals surface area contributed by atoms with Crippen LogP contribution in [0.15, 0.2) is 0 Å². The first-order chi connectivity index (χ1) is 5.63. The summed E-state index contributed by atoms with van der Waals surface area (Å²) < 4.78 is 48.1. The fourth-order valence-electron chi connectivity index (χ4n) is 1.70. The molecule has 1 saturated heterocycles. The van der Waals surface area contributed by atoms with Crippen molar-refractivity contribution in [2.45, 2.75) is 17.1 Å². The highest BCUT2D eigenvalue weighted by Gasteiger charge is 2.61. The van der Waals surface area contributed by atoms with Crippen molar-refractivity contribution in [2.24, 2.45) is 0 Å². The number of hydrogen-bond donors (Lipinski definition) is 0. The molecule has 0 spiro atoms. The largest absolute Gasteiger partial charge is 0.375 e. The van der Waals surface area contributed by atoms with Gasteiger partial charge in [-0.15, -0.1) is 0 Å². The second-order valence-corrected chi connectivity index (χ2v) is 8.00. The second kappa shape index (κ2) is 2.68. The molecule has 0 radical (unpaired) electrons. The van der Waals surface area contributed by atoms with Gasteiger partial charge in [-0.2, -0.15) is 0 Å². The van der Waals surface area contributed by atoms with Gasteiger partial charge >= 0.3 is 0 Å². The zero-order valence-electron chi connectivity index (χ0n) is 7.64. The van der Waals surface area contributed by atoms with Gasteiger partial charge in [0.05, 0.1) is 5.75 Å². The highest BCUT2D eigenvalue weighted by molar-refractivity contribution is 8.10. The number of hydrogen-bond acceptors (Lipinski definition) is 5. The van der Waals surface area contributed by atoms with E-state index in [4.69, 9.17) is 4.74 Å². The lowest BCUT2D eigenvalue weighted by Crippen LogP contribution is -2.65. The lowest BCUT2D eigenvalue weighted by atomic mass is 10.1. The fourth-order valence-corrected chi connectivity index (χ4v) is 7.10. The summed E-state index contributed by atoms with van der Waals surface area (Å²) in [5, 5.41) is 0. The van der Waals surface area contributed by atoms with Crippen molar-refractivity contribution in [1.82, 2.24) is 0 Å². The summed E-state index contributed by atoms with van der Waals surface area (Å²) in [5.41, 5.74) is -1.08. The van der Waals surface area contributed by atoms with Gasteiger partial charge in [0.25, 0.3) is 0 Å². The molecule has 1 aliphatic heterocycles. The number of methoxy groups -OCH3 is 1. The molecule has 2 atom stereocenters. The standard InChI is InChI=1S/C6H12O5S2/c1-6(11-2)4-13(9,10)5(6)12(3,7)8/h5H,4H2,1-3H3/t5?,6-/m0/s1. The average molecular weight is 228 g/mol. The third-order valence-corrected chi connectivity index (χ3v) is 7.50. The minimum atomic E-state index is -3.61. The molecule has 1 rings (SSSR count). The van der Waals surface area contributed by atoms with Crippen LogP contribution in [0.1, 0.15) is 6.92 Å². The van der Waals surface area contributed by atoms with Crippen molar-refractivity contribution in [2.75, 3.05) is 19.1 Å². The number of sulfone groups is 2. The Morgan fingerprint density at radius 2 is 1.92 bits per heavy atom. The molecule has 0 aromatic rings. The third kappa shape index (κ3) is 1.60. The highest BCUT2D eigenvalue weighted by Crippen LogP contribution is 2.37. The van der Waals surface area contributed by atoms with Crippen LogP contribution in [-0.4, -0.2) is 46.1 Å². The van der Waals surface area contributed by atoms with Gasteiger partial charge in [-0.25, -0.2) is 16.8 Å². The van der Waals surface area contributed by atoms with Crippen LogP contribution in [0, 0.1) is 0 Å². The number of ether oxygens (including phenoxy) is 1. The monoisotopic (exact) mass is 228 g/mol. The Morgan fingerprint density at radius 1 is 1.46 bits per heavy atom. The van der Waals surface area contributed by atoms with Gasteiger partial charge in [0.15, 0.2) is 24.3 Å². The van der Waals surface area contributed by atoms with Crippen LogP contribution >= 0.6 is 0 Å². The van der Waals surface area contributed by atoms with Gasteiger partial charge in [-0.1, -0.05) is 0 Å². The molecule has 0 bridgehead atoms. The van der Waals surface area contributed by atoms with E-state index >= 15 is 0 Å². The van der Waals surface area contributed by atoms with Crippen molar-refractivity contribution in [1.29, 1.82) is 0 Å². The van der Waals surface area contributed by atoms with Gasteiger partial charge in [0.2, 0.25) is 0 Å². The molecule has 13 heavy (non-hydrogen) atoms. The van der Waals surface area contributed by atoms with E-state index in [1.807, 2.05) is 0 Å². The summed E-state index contributed by atoms with van der Waals surface area (Å²) in [6.07, 6.45) is 0.908. The van der Waals surface area contributed by atoms with E-state index in [0.717, 1.165) is 6.26 Å². The molecular weight excluding hydrogens is 216 g/mol. The SMILES string of the molecule is CO[C@@]1(C)CS(=O)(=O)C1S(C)(=O)=O. The van der Waals surface area contributed by atoms with Crippen molar-refractivity contribution in [3.63, 3.8) is 0 Å².